The number of aliphatic hydroxyl groups excluding tert-OH is 1. The van der Waals surface area contributed by atoms with Gasteiger partial charge in [0.2, 0.25) is 0 Å². The van der Waals surface area contributed by atoms with Crippen molar-refractivity contribution in [1.82, 2.24) is 9.97 Å². The molecule has 1 unspecified atom stereocenters. The number of anilines is 1. The van der Waals surface area contributed by atoms with Gasteiger partial charge in [0.05, 0.1) is 17.5 Å². The quantitative estimate of drug-likeness (QED) is 0.698. The zero-order chi connectivity index (χ0) is 18.8. The molecule has 1 aliphatic rings. The lowest BCUT2D eigenvalue weighted by atomic mass is 9.91. The second kappa shape index (κ2) is 7.62. The number of thiophene rings is 1. The van der Waals surface area contributed by atoms with Crippen LogP contribution in [0.15, 0.2) is 41.8 Å². The van der Waals surface area contributed by atoms with Gasteiger partial charge in [-0.2, -0.15) is 0 Å². The summed E-state index contributed by atoms with van der Waals surface area (Å²) in [6.07, 6.45) is 0.368. The zero-order valence-corrected chi connectivity index (χ0v) is 15.9. The van der Waals surface area contributed by atoms with Crippen molar-refractivity contribution in [3.63, 3.8) is 0 Å². The van der Waals surface area contributed by atoms with Crippen LogP contribution in [0.2, 0.25) is 0 Å². The molecular formula is C20H21N3O3S. The van der Waals surface area contributed by atoms with Gasteiger partial charge in [-0.1, -0.05) is 18.2 Å². The molecule has 0 aliphatic carbocycles. The van der Waals surface area contributed by atoms with Crippen molar-refractivity contribution in [3.05, 3.63) is 41.8 Å². The Morgan fingerprint density at radius 1 is 1.22 bits per heavy atom. The number of hydrogen-bond acceptors (Lipinski definition) is 7. The number of aromatic nitrogens is 2. The first-order valence-corrected chi connectivity index (χ1v) is 9.87. The Balaban J connectivity index is 1.63. The molecule has 2 aromatic heterocycles. The molecule has 27 heavy (non-hydrogen) atoms. The van der Waals surface area contributed by atoms with Gasteiger partial charge in [-0.15, -0.1) is 11.3 Å². The second-order valence-corrected chi connectivity index (χ2v) is 7.61. The predicted octanol–water partition coefficient (Wildman–Crippen LogP) is 3.11. The molecule has 1 fully saturated rings. The highest BCUT2D eigenvalue weighted by molar-refractivity contribution is 7.13. The Bertz CT molecular complexity index is 937. The largest absolute Gasteiger partial charge is 0.467 e. The number of para-hydroxylation sites is 1. The summed E-state index contributed by atoms with van der Waals surface area (Å²) in [6, 6.07) is 12.0. The van der Waals surface area contributed by atoms with Gasteiger partial charge >= 0.3 is 5.97 Å². The first kappa shape index (κ1) is 17.9. The van der Waals surface area contributed by atoms with Crippen molar-refractivity contribution in [2.75, 3.05) is 25.1 Å². The number of fused-ring (bicyclic) bond motifs is 1. The zero-order valence-electron chi connectivity index (χ0n) is 15.0. The average Bonchev–Trinajstić information content (AvgIpc) is 3.27. The molecule has 1 aliphatic heterocycles. The number of benzene rings is 1. The number of esters is 1. The molecule has 1 N–H and O–H groups in total. The van der Waals surface area contributed by atoms with Crippen molar-refractivity contribution < 1.29 is 14.6 Å². The lowest BCUT2D eigenvalue weighted by molar-refractivity contribution is -0.153. The summed E-state index contributed by atoms with van der Waals surface area (Å²) in [5, 5.41) is 13.2. The van der Waals surface area contributed by atoms with Gasteiger partial charge in [-0.25, -0.2) is 14.8 Å². The molecule has 140 valence electrons. The number of piperidine rings is 1. The number of hydrogen-bond donors (Lipinski definition) is 1. The highest BCUT2D eigenvalue weighted by Crippen LogP contribution is 2.32. The van der Waals surface area contributed by atoms with Crippen LogP contribution < -0.4 is 4.90 Å². The third kappa shape index (κ3) is 3.52. The average molecular weight is 383 g/mol. The standard InChI is InChI=1S/C20H21N3O3S/c1-26-20(25)17(24)13-8-10-23(11-9-13)19-14-5-2-3-6-15(14)21-18(22-19)16-7-4-12-27-16/h2-7,12-13,17,24H,8-11H2,1H3. The third-order valence-electron chi connectivity index (χ3n) is 5.05. The van der Waals surface area contributed by atoms with Crippen LogP contribution in [0.25, 0.3) is 21.6 Å². The van der Waals surface area contributed by atoms with Crippen molar-refractivity contribution in [2.24, 2.45) is 5.92 Å². The SMILES string of the molecule is COC(=O)C(O)C1CCN(c2nc(-c3cccs3)nc3ccccc23)CC1. The van der Waals surface area contributed by atoms with Gasteiger partial charge in [0.1, 0.15) is 5.82 Å². The number of nitrogens with zero attached hydrogens (tertiary/aromatic N) is 3. The van der Waals surface area contributed by atoms with Crippen LogP contribution in [0.4, 0.5) is 5.82 Å². The Morgan fingerprint density at radius 3 is 2.70 bits per heavy atom. The highest BCUT2D eigenvalue weighted by atomic mass is 32.1. The molecule has 3 aromatic rings. The van der Waals surface area contributed by atoms with E-state index < -0.39 is 12.1 Å². The van der Waals surface area contributed by atoms with Gasteiger partial charge in [0, 0.05) is 18.5 Å². The smallest absolute Gasteiger partial charge is 0.334 e. The molecule has 0 spiro atoms. The second-order valence-electron chi connectivity index (χ2n) is 6.66. The van der Waals surface area contributed by atoms with Gasteiger partial charge in [0.25, 0.3) is 0 Å². The van der Waals surface area contributed by atoms with Crippen LogP contribution in [-0.4, -0.2) is 47.3 Å². The molecule has 0 amide bonds. The number of aliphatic hydroxyl groups is 1. The Morgan fingerprint density at radius 2 is 2.00 bits per heavy atom. The van der Waals surface area contributed by atoms with E-state index >= 15 is 0 Å². The highest BCUT2D eigenvalue weighted by Gasteiger charge is 2.31. The summed E-state index contributed by atoms with van der Waals surface area (Å²) in [4.78, 5) is 24.5. The Kier molecular flexibility index (Phi) is 5.05. The summed E-state index contributed by atoms with van der Waals surface area (Å²) in [7, 11) is 1.31. The van der Waals surface area contributed by atoms with Crippen LogP contribution in [0.1, 0.15) is 12.8 Å². The van der Waals surface area contributed by atoms with E-state index in [-0.39, 0.29) is 5.92 Å². The van der Waals surface area contributed by atoms with Crippen LogP contribution in [-0.2, 0) is 9.53 Å². The summed E-state index contributed by atoms with van der Waals surface area (Å²) < 4.78 is 4.67. The van der Waals surface area contributed by atoms with Crippen molar-refractivity contribution in [2.45, 2.75) is 18.9 Å². The maximum Gasteiger partial charge on any atom is 0.334 e. The van der Waals surface area contributed by atoms with Crippen LogP contribution in [0.3, 0.4) is 0 Å². The van der Waals surface area contributed by atoms with Gasteiger partial charge < -0.3 is 14.7 Å². The van der Waals surface area contributed by atoms with E-state index in [4.69, 9.17) is 9.97 Å². The molecular weight excluding hydrogens is 362 g/mol. The third-order valence-corrected chi connectivity index (χ3v) is 5.92. The molecule has 1 atom stereocenters. The van der Waals surface area contributed by atoms with E-state index in [1.54, 1.807) is 11.3 Å². The molecule has 0 saturated carbocycles. The molecule has 6 nitrogen and oxygen atoms in total. The molecule has 0 radical (unpaired) electrons. The van der Waals surface area contributed by atoms with E-state index in [1.807, 2.05) is 41.8 Å². The van der Waals surface area contributed by atoms with Crippen LogP contribution in [0, 0.1) is 5.92 Å². The summed E-state index contributed by atoms with van der Waals surface area (Å²) >= 11 is 1.62. The molecule has 4 rings (SSSR count). The fourth-order valence-corrected chi connectivity index (χ4v) is 4.21. The van der Waals surface area contributed by atoms with Gasteiger partial charge in [-0.3, -0.25) is 0 Å². The normalized spacial score (nSPS) is 16.4. The van der Waals surface area contributed by atoms with Crippen molar-refractivity contribution in [3.8, 4) is 10.7 Å². The van der Waals surface area contributed by atoms with Crippen LogP contribution >= 0.6 is 11.3 Å². The Labute approximate surface area is 161 Å². The number of carbonyl (C=O) groups is 1. The molecule has 1 aromatic carbocycles. The molecule has 1 saturated heterocycles. The lowest BCUT2D eigenvalue weighted by Gasteiger charge is -2.34. The van der Waals surface area contributed by atoms with Gasteiger partial charge in [0.15, 0.2) is 11.9 Å². The van der Waals surface area contributed by atoms with E-state index in [2.05, 4.69) is 9.64 Å². The monoisotopic (exact) mass is 383 g/mol. The summed E-state index contributed by atoms with van der Waals surface area (Å²) in [5.41, 5.74) is 0.919. The number of methoxy groups -OCH3 is 1. The molecule has 0 bridgehead atoms. The molecule has 7 heteroatoms. The minimum Gasteiger partial charge on any atom is -0.467 e. The van der Waals surface area contributed by atoms with Crippen molar-refractivity contribution >= 4 is 34.0 Å². The number of carbonyl (C=O) groups excluding carboxylic acids is 1. The maximum atomic E-state index is 11.6. The van der Waals surface area contributed by atoms with Gasteiger partial charge in [-0.05, 0) is 42.3 Å². The Hall–Kier alpha value is -2.51. The van der Waals surface area contributed by atoms with E-state index in [0.29, 0.717) is 12.8 Å². The topological polar surface area (TPSA) is 75.6 Å². The first-order valence-electron chi connectivity index (χ1n) is 8.99. The predicted molar refractivity (Wildman–Crippen MR) is 106 cm³/mol. The van der Waals surface area contributed by atoms with Crippen molar-refractivity contribution in [1.29, 1.82) is 0 Å². The maximum absolute atomic E-state index is 11.6. The first-order chi connectivity index (χ1) is 13.2. The van der Waals surface area contributed by atoms with E-state index in [1.165, 1.54) is 7.11 Å². The van der Waals surface area contributed by atoms with E-state index in [9.17, 15) is 9.90 Å². The number of ether oxygens (including phenoxy) is 1. The summed E-state index contributed by atoms with van der Waals surface area (Å²) in [6.45, 7) is 1.45. The minimum absolute atomic E-state index is 0.0847. The fourth-order valence-electron chi connectivity index (χ4n) is 3.56. The summed E-state index contributed by atoms with van der Waals surface area (Å²) in [5.74, 6) is 1.00. The van der Waals surface area contributed by atoms with E-state index in [0.717, 1.165) is 40.5 Å². The fraction of sp³-hybridized carbons (Fsp3) is 0.350. The number of rotatable bonds is 4. The van der Waals surface area contributed by atoms with Crippen LogP contribution in [0.5, 0.6) is 0 Å². The minimum atomic E-state index is -1.05. The lowest BCUT2D eigenvalue weighted by Crippen LogP contribution is -2.41. The molecule has 3 heterocycles.